The van der Waals surface area contributed by atoms with E-state index in [2.05, 4.69) is 0 Å². The Morgan fingerprint density at radius 3 is 2.27 bits per heavy atom. The van der Waals surface area contributed by atoms with E-state index < -0.39 is 11.9 Å². The highest BCUT2D eigenvalue weighted by molar-refractivity contribution is 5.80. The van der Waals surface area contributed by atoms with Gasteiger partial charge in [-0.15, -0.1) is 0 Å². The van der Waals surface area contributed by atoms with Crippen molar-refractivity contribution in [2.24, 2.45) is 0 Å². The molecule has 0 bridgehead atoms. The summed E-state index contributed by atoms with van der Waals surface area (Å²) in [5.74, 6) is -0.853. The van der Waals surface area contributed by atoms with Crippen molar-refractivity contribution in [1.29, 1.82) is 0 Å². The van der Waals surface area contributed by atoms with E-state index in [9.17, 15) is 4.79 Å². The molecule has 1 aliphatic rings. The Hall–Kier alpha value is -0.650. The van der Waals surface area contributed by atoms with Crippen molar-refractivity contribution in [3.05, 3.63) is 0 Å². The zero-order valence-corrected chi connectivity index (χ0v) is 9.94. The van der Waals surface area contributed by atoms with Crippen molar-refractivity contribution in [1.82, 2.24) is 4.90 Å². The molecule has 88 valence electrons. The average Bonchev–Trinajstić information content (AvgIpc) is 2.55. The number of carbonyl (C=O) groups excluding carboxylic acids is 1. The van der Waals surface area contributed by atoms with Gasteiger partial charge in [0.05, 0.1) is 0 Å². The summed E-state index contributed by atoms with van der Waals surface area (Å²) in [6.45, 7) is 1.84. The van der Waals surface area contributed by atoms with Gasteiger partial charge in [0.2, 0.25) is 0 Å². The van der Waals surface area contributed by atoms with Gasteiger partial charge in [0.15, 0.2) is 5.79 Å². The van der Waals surface area contributed by atoms with Crippen LogP contribution in [0.25, 0.3) is 0 Å². The van der Waals surface area contributed by atoms with E-state index >= 15 is 0 Å². The van der Waals surface area contributed by atoms with Crippen LogP contribution in [0.1, 0.15) is 13.3 Å². The van der Waals surface area contributed by atoms with Crippen LogP contribution in [0.2, 0.25) is 0 Å². The van der Waals surface area contributed by atoms with Crippen LogP contribution in [0.3, 0.4) is 0 Å². The molecule has 0 radical (unpaired) electrons. The van der Waals surface area contributed by atoms with Crippen LogP contribution < -0.4 is 0 Å². The molecule has 0 N–H and O–H groups in total. The van der Waals surface area contributed by atoms with E-state index in [1.54, 1.807) is 28.3 Å². The van der Waals surface area contributed by atoms with Gasteiger partial charge in [-0.1, -0.05) is 0 Å². The van der Waals surface area contributed by atoms with Gasteiger partial charge in [-0.25, -0.2) is 0 Å². The molecule has 15 heavy (non-hydrogen) atoms. The van der Waals surface area contributed by atoms with E-state index in [1.807, 2.05) is 6.92 Å². The molecule has 2 unspecified atom stereocenters. The van der Waals surface area contributed by atoms with Gasteiger partial charge in [-0.05, 0) is 6.92 Å². The zero-order valence-electron chi connectivity index (χ0n) is 9.94. The van der Waals surface area contributed by atoms with Crippen LogP contribution >= 0.6 is 0 Å². The Labute approximate surface area is 90.3 Å². The second-order valence-corrected chi connectivity index (χ2v) is 3.92. The molecule has 1 saturated heterocycles. The number of amides is 1. The lowest BCUT2D eigenvalue weighted by Gasteiger charge is -2.28. The predicted molar refractivity (Wildman–Crippen MR) is 54.4 cm³/mol. The summed E-state index contributed by atoms with van der Waals surface area (Å²) < 4.78 is 16.1. The average molecular weight is 217 g/mol. The minimum absolute atomic E-state index is 0.0576. The third-order valence-electron chi connectivity index (χ3n) is 2.86. The van der Waals surface area contributed by atoms with Crippen LogP contribution in [-0.4, -0.2) is 57.1 Å². The number of likely N-dealkylation sites (N-methyl/N-ethyl adjacent to an activating group) is 1. The summed E-state index contributed by atoms with van der Waals surface area (Å²) in [5.41, 5.74) is 0. The van der Waals surface area contributed by atoms with Gasteiger partial charge < -0.3 is 19.1 Å². The van der Waals surface area contributed by atoms with Crippen molar-refractivity contribution in [3.8, 4) is 0 Å². The first kappa shape index (κ1) is 12.4. The van der Waals surface area contributed by atoms with Crippen molar-refractivity contribution >= 4 is 5.91 Å². The topological polar surface area (TPSA) is 48.0 Å². The second-order valence-electron chi connectivity index (χ2n) is 3.92. The van der Waals surface area contributed by atoms with Gasteiger partial charge in [0.25, 0.3) is 5.91 Å². The summed E-state index contributed by atoms with van der Waals surface area (Å²) in [6, 6.07) is 0. The Morgan fingerprint density at radius 2 is 1.93 bits per heavy atom. The first-order chi connectivity index (χ1) is 6.96. The molecule has 0 aliphatic carbocycles. The number of rotatable bonds is 3. The highest BCUT2D eigenvalue weighted by Gasteiger charge is 2.49. The molecule has 1 fully saturated rings. The van der Waals surface area contributed by atoms with Gasteiger partial charge in [-0.3, -0.25) is 4.79 Å². The minimum Gasteiger partial charge on any atom is -0.360 e. The summed E-state index contributed by atoms with van der Waals surface area (Å²) >= 11 is 0. The lowest BCUT2D eigenvalue weighted by atomic mass is 10.1. The maximum Gasteiger partial charge on any atom is 0.251 e. The maximum atomic E-state index is 11.7. The van der Waals surface area contributed by atoms with Gasteiger partial charge >= 0.3 is 0 Å². The highest BCUT2D eigenvalue weighted by atomic mass is 16.7. The molecule has 5 nitrogen and oxygen atoms in total. The number of ether oxygens (including phenoxy) is 3. The van der Waals surface area contributed by atoms with Crippen LogP contribution in [0.15, 0.2) is 0 Å². The van der Waals surface area contributed by atoms with Crippen LogP contribution in [0.4, 0.5) is 0 Å². The van der Waals surface area contributed by atoms with Gasteiger partial charge in [0.1, 0.15) is 12.2 Å². The predicted octanol–water partition coefficient (Wildman–Crippen LogP) is 0.241. The third kappa shape index (κ3) is 2.14. The highest BCUT2D eigenvalue weighted by Crippen LogP contribution is 2.34. The van der Waals surface area contributed by atoms with E-state index in [-0.39, 0.29) is 12.0 Å². The van der Waals surface area contributed by atoms with E-state index in [0.717, 1.165) is 0 Å². The zero-order chi connectivity index (χ0) is 11.6. The van der Waals surface area contributed by atoms with Crippen LogP contribution in [-0.2, 0) is 19.0 Å². The maximum absolute atomic E-state index is 11.7. The lowest BCUT2D eigenvalue weighted by Crippen LogP contribution is -2.40. The fourth-order valence-electron chi connectivity index (χ4n) is 1.84. The largest absolute Gasteiger partial charge is 0.360 e. The molecule has 1 aliphatic heterocycles. The molecule has 1 rings (SSSR count). The van der Waals surface area contributed by atoms with Gasteiger partial charge in [0, 0.05) is 34.7 Å². The molecule has 1 heterocycles. The number of carbonyl (C=O) groups is 1. The Morgan fingerprint density at radius 1 is 1.40 bits per heavy atom. The molecular weight excluding hydrogens is 198 g/mol. The van der Waals surface area contributed by atoms with Crippen molar-refractivity contribution in [2.45, 2.75) is 31.3 Å². The molecule has 0 aromatic rings. The van der Waals surface area contributed by atoms with E-state index in [1.165, 1.54) is 4.90 Å². The molecule has 0 aromatic carbocycles. The van der Waals surface area contributed by atoms with Crippen molar-refractivity contribution in [3.63, 3.8) is 0 Å². The molecular formula is C10H19NO4. The molecule has 5 heteroatoms. The Bertz CT molecular complexity index is 238. The van der Waals surface area contributed by atoms with Gasteiger partial charge in [-0.2, -0.15) is 0 Å². The molecule has 2 atom stereocenters. The summed E-state index contributed by atoms with van der Waals surface area (Å²) in [5, 5.41) is 0. The molecule has 0 spiro atoms. The van der Waals surface area contributed by atoms with Crippen molar-refractivity contribution in [2.75, 3.05) is 28.3 Å². The van der Waals surface area contributed by atoms with Crippen LogP contribution in [0.5, 0.6) is 0 Å². The lowest BCUT2D eigenvalue weighted by molar-refractivity contribution is -0.227. The smallest absolute Gasteiger partial charge is 0.251 e. The molecule has 1 amide bonds. The molecule has 0 aromatic heterocycles. The monoisotopic (exact) mass is 217 g/mol. The first-order valence-corrected chi connectivity index (χ1v) is 4.93. The van der Waals surface area contributed by atoms with E-state index in [4.69, 9.17) is 14.2 Å². The normalized spacial score (nSPS) is 29.1. The molecule has 0 saturated carbocycles. The summed E-state index contributed by atoms with van der Waals surface area (Å²) in [4.78, 5) is 13.2. The number of hydrogen-bond donors (Lipinski definition) is 0. The van der Waals surface area contributed by atoms with E-state index in [0.29, 0.717) is 6.42 Å². The fourth-order valence-corrected chi connectivity index (χ4v) is 1.84. The van der Waals surface area contributed by atoms with Crippen LogP contribution in [0, 0.1) is 0 Å². The first-order valence-electron chi connectivity index (χ1n) is 4.93. The Kier molecular flexibility index (Phi) is 3.70. The summed E-state index contributed by atoms with van der Waals surface area (Å²) in [6.07, 6.45) is -0.297. The summed E-state index contributed by atoms with van der Waals surface area (Å²) in [7, 11) is 6.53. The quantitative estimate of drug-likeness (QED) is 0.635. The number of methoxy groups -OCH3 is 2. The fraction of sp³-hybridized carbons (Fsp3) is 0.900. The second kappa shape index (κ2) is 4.47. The SMILES string of the molecule is COC1(OC)CC(C(=O)N(C)C)OC1C. The van der Waals surface area contributed by atoms with Crippen molar-refractivity contribution < 1.29 is 19.0 Å². The number of nitrogens with zero attached hydrogens (tertiary/aromatic N) is 1. The Balaban J connectivity index is 2.74. The number of hydrogen-bond acceptors (Lipinski definition) is 4. The third-order valence-corrected chi connectivity index (χ3v) is 2.86. The standard InChI is InChI=1S/C10H19NO4/c1-7-10(13-4,14-5)6-8(15-7)9(12)11(2)3/h7-8H,6H2,1-5H3. The minimum atomic E-state index is -0.795.